The molecule has 2 heterocycles. The lowest BCUT2D eigenvalue weighted by molar-refractivity contribution is 0.114. The number of nitrogens with one attached hydrogen (secondary N) is 1. The predicted octanol–water partition coefficient (Wildman–Crippen LogP) is 3.56. The van der Waals surface area contributed by atoms with Crippen molar-refractivity contribution < 1.29 is 9.47 Å². The van der Waals surface area contributed by atoms with Crippen LogP contribution in [-0.4, -0.2) is 23.7 Å². The Bertz CT molecular complexity index is 795. The van der Waals surface area contributed by atoms with Crippen LogP contribution >= 0.6 is 24.0 Å². The van der Waals surface area contributed by atoms with Gasteiger partial charge < -0.3 is 20.5 Å². The summed E-state index contributed by atoms with van der Waals surface area (Å²) in [5.41, 5.74) is 8.27. The number of rotatable bonds is 5. The molecule has 27 heavy (non-hydrogen) atoms. The molecule has 1 fully saturated rings. The Morgan fingerprint density at radius 1 is 1.26 bits per heavy atom. The van der Waals surface area contributed by atoms with Crippen LogP contribution in [0.3, 0.4) is 0 Å². The van der Waals surface area contributed by atoms with Gasteiger partial charge in [0, 0.05) is 24.2 Å². The minimum absolute atomic E-state index is 0. The zero-order valence-corrected chi connectivity index (χ0v) is 17.5. The summed E-state index contributed by atoms with van der Waals surface area (Å²) in [5.74, 6) is 2.02. The highest BCUT2D eigenvalue weighted by atomic mass is 127. The van der Waals surface area contributed by atoms with E-state index in [2.05, 4.69) is 21.4 Å². The van der Waals surface area contributed by atoms with Crippen LogP contribution < -0.4 is 20.5 Å². The van der Waals surface area contributed by atoms with Crippen molar-refractivity contribution in [2.45, 2.75) is 44.4 Å². The van der Waals surface area contributed by atoms with Crippen LogP contribution in [-0.2, 0) is 6.54 Å². The number of guanidine groups is 1. The molecule has 4 rings (SSSR count). The number of benzene rings is 1. The number of pyridine rings is 1. The minimum Gasteiger partial charge on any atom is -0.493 e. The summed E-state index contributed by atoms with van der Waals surface area (Å²) in [4.78, 5) is 8.75. The number of para-hydroxylation sites is 1. The van der Waals surface area contributed by atoms with Crippen molar-refractivity contribution >= 4 is 29.9 Å². The number of nitrogens with two attached hydrogens (primary N) is 1. The van der Waals surface area contributed by atoms with E-state index in [1.165, 1.54) is 6.42 Å². The second-order valence-electron chi connectivity index (χ2n) is 6.75. The Balaban J connectivity index is 0.00000210. The fourth-order valence-corrected chi connectivity index (χ4v) is 3.17. The molecule has 1 aliphatic carbocycles. The van der Waals surface area contributed by atoms with Crippen LogP contribution in [0.2, 0.25) is 0 Å². The fourth-order valence-electron chi connectivity index (χ4n) is 3.17. The van der Waals surface area contributed by atoms with E-state index in [9.17, 15) is 0 Å². The predicted molar refractivity (Wildman–Crippen MR) is 116 cm³/mol. The third-order valence-corrected chi connectivity index (χ3v) is 4.85. The zero-order valence-electron chi connectivity index (χ0n) is 15.1. The lowest BCUT2D eigenvalue weighted by Gasteiger charge is -2.27. The first-order valence-electron chi connectivity index (χ1n) is 9.18. The molecule has 0 radical (unpaired) electrons. The van der Waals surface area contributed by atoms with Crippen molar-refractivity contribution in [3.63, 3.8) is 0 Å². The normalized spacial score (nSPS) is 19.1. The molecule has 1 unspecified atom stereocenters. The lowest BCUT2D eigenvalue weighted by Crippen LogP contribution is -2.37. The minimum atomic E-state index is 0. The Labute approximate surface area is 176 Å². The highest BCUT2D eigenvalue weighted by molar-refractivity contribution is 14.0. The van der Waals surface area contributed by atoms with Crippen molar-refractivity contribution in [3.8, 4) is 11.6 Å². The average molecular weight is 480 g/mol. The first-order chi connectivity index (χ1) is 12.8. The van der Waals surface area contributed by atoms with Crippen molar-refractivity contribution in [3.05, 3.63) is 53.7 Å². The highest BCUT2D eigenvalue weighted by Gasteiger charge is 2.21. The average Bonchev–Trinajstić information content (AvgIpc) is 2.64. The number of nitrogens with zero attached hydrogens (tertiary/aromatic N) is 2. The molecule has 0 spiro atoms. The number of ether oxygens (including phenoxy) is 2. The van der Waals surface area contributed by atoms with Crippen molar-refractivity contribution in [1.29, 1.82) is 0 Å². The molecule has 2 aliphatic rings. The Kier molecular flexibility index (Phi) is 6.76. The van der Waals surface area contributed by atoms with Gasteiger partial charge in [0.25, 0.3) is 0 Å². The van der Waals surface area contributed by atoms with Crippen molar-refractivity contribution in [2.24, 2.45) is 10.7 Å². The number of hydrogen-bond donors (Lipinski definition) is 2. The summed E-state index contributed by atoms with van der Waals surface area (Å²) in [7, 11) is 0. The van der Waals surface area contributed by atoms with Crippen LogP contribution in [0, 0.1) is 0 Å². The van der Waals surface area contributed by atoms with Gasteiger partial charge in [0.1, 0.15) is 11.9 Å². The summed E-state index contributed by atoms with van der Waals surface area (Å²) in [6.07, 6.45) is 6.42. The van der Waals surface area contributed by atoms with Crippen LogP contribution in [0.25, 0.3) is 0 Å². The molecule has 0 saturated heterocycles. The van der Waals surface area contributed by atoms with E-state index >= 15 is 0 Å². The number of halogens is 1. The molecule has 0 bridgehead atoms. The van der Waals surface area contributed by atoms with Gasteiger partial charge >= 0.3 is 0 Å². The van der Waals surface area contributed by atoms with E-state index in [-0.39, 0.29) is 30.0 Å². The van der Waals surface area contributed by atoms with Crippen molar-refractivity contribution in [2.75, 3.05) is 6.61 Å². The summed E-state index contributed by atoms with van der Waals surface area (Å²) in [6.45, 7) is 1.17. The van der Waals surface area contributed by atoms with Gasteiger partial charge in [-0.15, -0.1) is 24.0 Å². The lowest BCUT2D eigenvalue weighted by atomic mass is 9.96. The molecular formula is C20H25IN4O2. The van der Waals surface area contributed by atoms with E-state index in [4.69, 9.17) is 15.2 Å². The Morgan fingerprint density at radius 3 is 2.93 bits per heavy atom. The first-order valence-corrected chi connectivity index (χ1v) is 9.18. The van der Waals surface area contributed by atoms with Crippen LogP contribution in [0.1, 0.15) is 42.9 Å². The van der Waals surface area contributed by atoms with Crippen LogP contribution in [0.15, 0.2) is 47.6 Å². The number of aliphatic imine (C=N–C) groups is 1. The maximum absolute atomic E-state index is 6.11. The van der Waals surface area contributed by atoms with E-state index in [0.29, 0.717) is 31.1 Å². The standard InChI is InChI=1S/C20H24N4O2.HI/c21-20(24-17-9-11-25-18-7-2-1-6-16(17)18)23-13-14-8-10-22-19(12-14)26-15-4-3-5-15;/h1-2,6-8,10,12,15,17H,3-5,9,11,13H2,(H3,21,23,24);1H. The summed E-state index contributed by atoms with van der Waals surface area (Å²) < 4.78 is 11.5. The molecule has 1 aromatic heterocycles. The van der Waals surface area contributed by atoms with Gasteiger partial charge in [0.15, 0.2) is 5.96 Å². The molecule has 144 valence electrons. The van der Waals surface area contributed by atoms with E-state index in [1.807, 2.05) is 30.3 Å². The number of hydrogen-bond acceptors (Lipinski definition) is 4. The Morgan fingerprint density at radius 2 is 2.11 bits per heavy atom. The summed E-state index contributed by atoms with van der Waals surface area (Å²) >= 11 is 0. The second-order valence-corrected chi connectivity index (χ2v) is 6.75. The molecule has 0 amide bonds. The molecule has 7 heteroatoms. The SMILES string of the molecule is I.NC(=NCc1ccnc(OC2CCC2)c1)NC1CCOc2ccccc21. The smallest absolute Gasteiger partial charge is 0.213 e. The monoisotopic (exact) mass is 480 g/mol. The van der Waals surface area contributed by atoms with Gasteiger partial charge in [-0.1, -0.05) is 18.2 Å². The summed E-state index contributed by atoms with van der Waals surface area (Å²) in [6, 6.07) is 12.0. The van der Waals surface area contributed by atoms with E-state index in [0.717, 1.165) is 36.1 Å². The van der Waals surface area contributed by atoms with Gasteiger partial charge in [-0.05, 0) is 37.0 Å². The van der Waals surface area contributed by atoms with Gasteiger partial charge in [0.2, 0.25) is 5.88 Å². The first kappa shape index (κ1) is 19.7. The topological polar surface area (TPSA) is 81.8 Å². The van der Waals surface area contributed by atoms with E-state index < -0.39 is 0 Å². The molecular weight excluding hydrogens is 455 g/mol. The third-order valence-electron chi connectivity index (χ3n) is 4.85. The molecule has 2 aromatic rings. The maximum Gasteiger partial charge on any atom is 0.213 e. The highest BCUT2D eigenvalue weighted by Crippen LogP contribution is 2.31. The second kappa shape index (κ2) is 9.25. The van der Waals surface area contributed by atoms with Gasteiger partial charge in [-0.2, -0.15) is 0 Å². The Hall–Kier alpha value is -2.03. The van der Waals surface area contributed by atoms with Crippen molar-refractivity contribution in [1.82, 2.24) is 10.3 Å². The fraction of sp³-hybridized carbons (Fsp3) is 0.400. The summed E-state index contributed by atoms with van der Waals surface area (Å²) in [5, 5.41) is 3.31. The quantitative estimate of drug-likeness (QED) is 0.389. The molecule has 1 aromatic carbocycles. The van der Waals surface area contributed by atoms with Gasteiger partial charge in [-0.3, -0.25) is 0 Å². The van der Waals surface area contributed by atoms with Gasteiger partial charge in [-0.25, -0.2) is 9.98 Å². The molecule has 3 N–H and O–H groups in total. The molecule has 1 aliphatic heterocycles. The third kappa shape index (κ3) is 5.03. The molecule has 1 saturated carbocycles. The maximum atomic E-state index is 6.11. The number of fused-ring (bicyclic) bond motifs is 1. The van der Waals surface area contributed by atoms with E-state index in [1.54, 1.807) is 6.20 Å². The number of aromatic nitrogens is 1. The molecule has 6 nitrogen and oxygen atoms in total. The van der Waals surface area contributed by atoms with Crippen LogP contribution in [0.4, 0.5) is 0 Å². The molecule has 1 atom stereocenters. The van der Waals surface area contributed by atoms with Crippen LogP contribution in [0.5, 0.6) is 11.6 Å². The largest absolute Gasteiger partial charge is 0.493 e. The zero-order chi connectivity index (χ0) is 17.8. The van der Waals surface area contributed by atoms with Gasteiger partial charge in [0.05, 0.1) is 19.2 Å².